The van der Waals surface area contributed by atoms with Gasteiger partial charge in [0.2, 0.25) is 0 Å². The zero-order chi connectivity index (χ0) is 12.3. The van der Waals surface area contributed by atoms with Gasteiger partial charge in [0.25, 0.3) is 0 Å². The van der Waals surface area contributed by atoms with Gasteiger partial charge in [-0.3, -0.25) is 0 Å². The highest BCUT2D eigenvalue weighted by Crippen LogP contribution is 2.17. The van der Waals surface area contributed by atoms with Gasteiger partial charge >= 0.3 is 0 Å². The molecule has 90 valence electrons. The van der Waals surface area contributed by atoms with Crippen LogP contribution in [0.25, 0.3) is 0 Å². The van der Waals surface area contributed by atoms with Crippen molar-refractivity contribution in [2.45, 2.75) is 20.0 Å². The molecule has 0 unspecified atom stereocenters. The molecule has 2 nitrogen and oxygen atoms in total. The first kappa shape index (κ1) is 12.1. The lowest BCUT2D eigenvalue weighted by Gasteiger charge is -2.05. The number of hydrogen-bond acceptors (Lipinski definition) is 2. The van der Waals surface area contributed by atoms with E-state index in [-0.39, 0.29) is 5.82 Å². The Morgan fingerprint density at radius 1 is 1.24 bits per heavy atom. The number of hydrogen-bond donors (Lipinski definition) is 1. The Labute approximate surface area is 104 Å². The van der Waals surface area contributed by atoms with E-state index in [0.29, 0.717) is 18.1 Å². The topological polar surface area (TPSA) is 25.2 Å². The van der Waals surface area contributed by atoms with Crippen molar-refractivity contribution in [1.29, 1.82) is 0 Å². The van der Waals surface area contributed by atoms with Crippen LogP contribution < -0.4 is 5.32 Å². The Kier molecular flexibility index (Phi) is 3.82. The first-order valence-electron chi connectivity index (χ1n) is 5.35. The minimum atomic E-state index is -0.319. The lowest BCUT2D eigenvalue weighted by atomic mass is 10.2. The third-order valence-electron chi connectivity index (χ3n) is 2.43. The van der Waals surface area contributed by atoms with Gasteiger partial charge in [-0.2, -0.15) is 0 Å². The third-order valence-corrected chi connectivity index (χ3v) is 2.78. The summed E-state index contributed by atoms with van der Waals surface area (Å²) in [5.74, 6) is 1.45. The maximum Gasteiger partial charge on any atom is 0.124 e. The average molecular weight is 254 g/mol. The van der Waals surface area contributed by atoms with E-state index in [1.807, 2.05) is 19.1 Å². The summed E-state index contributed by atoms with van der Waals surface area (Å²) in [6.07, 6.45) is 0. The van der Waals surface area contributed by atoms with Crippen molar-refractivity contribution >= 4 is 11.6 Å². The molecule has 0 atom stereocenters. The van der Waals surface area contributed by atoms with Crippen LogP contribution in [0.3, 0.4) is 0 Å². The van der Waals surface area contributed by atoms with Crippen LogP contribution in [-0.4, -0.2) is 0 Å². The fraction of sp³-hybridized carbons (Fsp3) is 0.231. The fourth-order valence-electron chi connectivity index (χ4n) is 1.57. The summed E-state index contributed by atoms with van der Waals surface area (Å²) in [5.41, 5.74) is 0.872. The molecule has 0 aliphatic carbocycles. The van der Waals surface area contributed by atoms with Gasteiger partial charge in [-0.05, 0) is 36.8 Å². The fourth-order valence-corrected chi connectivity index (χ4v) is 1.80. The van der Waals surface area contributed by atoms with E-state index in [9.17, 15) is 4.39 Å². The molecule has 2 aromatic rings. The predicted molar refractivity (Wildman–Crippen MR) is 65.4 cm³/mol. The molecule has 0 fully saturated rings. The van der Waals surface area contributed by atoms with E-state index in [0.717, 1.165) is 17.1 Å². The Bertz CT molecular complexity index is 510. The van der Waals surface area contributed by atoms with Crippen molar-refractivity contribution < 1.29 is 8.81 Å². The van der Waals surface area contributed by atoms with E-state index < -0.39 is 0 Å². The van der Waals surface area contributed by atoms with Gasteiger partial charge in [0.05, 0.1) is 6.54 Å². The molecule has 0 spiro atoms. The summed E-state index contributed by atoms with van der Waals surface area (Å²) in [4.78, 5) is 0. The molecule has 0 aliphatic heterocycles. The van der Waals surface area contributed by atoms with Crippen LogP contribution >= 0.6 is 11.6 Å². The molecule has 1 N–H and O–H groups in total. The van der Waals surface area contributed by atoms with Crippen LogP contribution in [0, 0.1) is 12.7 Å². The highest BCUT2D eigenvalue weighted by Gasteiger charge is 2.02. The first-order valence-corrected chi connectivity index (χ1v) is 5.73. The minimum absolute atomic E-state index is 0.319. The van der Waals surface area contributed by atoms with Crippen molar-refractivity contribution in [2.24, 2.45) is 0 Å². The summed E-state index contributed by atoms with van der Waals surface area (Å²) in [7, 11) is 0. The van der Waals surface area contributed by atoms with Crippen LogP contribution in [0.5, 0.6) is 0 Å². The van der Waals surface area contributed by atoms with Crippen LogP contribution in [0.15, 0.2) is 34.7 Å². The summed E-state index contributed by atoms with van der Waals surface area (Å²) in [6.45, 7) is 3.11. The predicted octanol–water partition coefficient (Wildman–Crippen LogP) is 3.67. The molecule has 0 radical (unpaired) electrons. The van der Waals surface area contributed by atoms with Crippen molar-refractivity contribution in [2.75, 3.05) is 0 Å². The molecule has 0 saturated carbocycles. The summed E-state index contributed by atoms with van der Waals surface area (Å²) in [5, 5.41) is 3.63. The normalized spacial score (nSPS) is 10.8. The molecule has 2 rings (SSSR count). The molecule has 0 amide bonds. The van der Waals surface area contributed by atoms with Gasteiger partial charge in [-0.1, -0.05) is 17.7 Å². The number of halogens is 2. The number of rotatable bonds is 4. The zero-order valence-corrected chi connectivity index (χ0v) is 10.2. The number of benzene rings is 1. The molecule has 0 aliphatic rings. The number of aryl methyl sites for hydroxylation is 1. The van der Waals surface area contributed by atoms with Crippen molar-refractivity contribution in [3.05, 3.63) is 58.3 Å². The quantitative estimate of drug-likeness (QED) is 0.899. The van der Waals surface area contributed by atoms with Gasteiger partial charge in [0, 0.05) is 11.6 Å². The van der Waals surface area contributed by atoms with E-state index in [2.05, 4.69) is 5.32 Å². The van der Waals surface area contributed by atoms with Crippen LogP contribution in [0.4, 0.5) is 4.39 Å². The first-order chi connectivity index (χ1) is 8.15. The van der Waals surface area contributed by atoms with Gasteiger partial charge in [-0.25, -0.2) is 4.39 Å². The van der Waals surface area contributed by atoms with Crippen LogP contribution in [-0.2, 0) is 13.1 Å². The second-order valence-corrected chi connectivity index (χ2v) is 4.26. The smallest absolute Gasteiger partial charge is 0.124 e. The van der Waals surface area contributed by atoms with Gasteiger partial charge in [0.15, 0.2) is 0 Å². The van der Waals surface area contributed by atoms with E-state index in [1.165, 1.54) is 12.1 Å². The minimum Gasteiger partial charge on any atom is -0.465 e. The van der Waals surface area contributed by atoms with E-state index >= 15 is 0 Å². The molecular weight excluding hydrogens is 241 g/mol. The molecule has 17 heavy (non-hydrogen) atoms. The van der Waals surface area contributed by atoms with E-state index in [4.69, 9.17) is 16.0 Å². The van der Waals surface area contributed by atoms with Gasteiger partial charge in [-0.15, -0.1) is 0 Å². The Hall–Kier alpha value is -1.32. The highest BCUT2D eigenvalue weighted by atomic mass is 35.5. The Morgan fingerprint density at radius 2 is 2.06 bits per heavy atom. The molecule has 4 heteroatoms. The maximum atomic E-state index is 12.8. The standard InChI is InChI=1S/C13H13ClFNO/c1-9-2-5-12(17-9)8-16-7-10-3-4-11(15)6-13(10)14/h2-6,16H,7-8H2,1H3. The Morgan fingerprint density at radius 3 is 2.71 bits per heavy atom. The van der Waals surface area contributed by atoms with E-state index in [1.54, 1.807) is 6.07 Å². The SMILES string of the molecule is Cc1ccc(CNCc2ccc(F)cc2Cl)o1. The summed E-state index contributed by atoms with van der Waals surface area (Å²) >= 11 is 5.91. The largest absolute Gasteiger partial charge is 0.465 e. The second kappa shape index (κ2) is 5.34. The second-order valence-electron chi connectivity index (χ2n) is 3.85. The average Bonchev–Trinajstić information content (AvgIpc) is 2.68. The maximum absolute atomic E-state index is 12.8. The van der Waals surface area contributed by atoms with Gasteiger partial charge < -0.3 is 9.73 Å². The zero-order valence-electron chi connectivity index (χ0n) is 9.47. The molecule has 1 aromatic heterocycles. The summed E-state index contributed by atoms with van der Waals surface area (Å²) < 4.78 is 18.2. The summed E-state index contributed by atoms with van der Waals surface area (Å²) in [6, 6.07) is 8.24. The lowest BCUT2D eigenvalue weighted by molar-refractivity contribution is 0.461. The Balaban J connectivity index is 1.90. The third kappa shape index (κ3) is 3.32. The molecule has 0 saturated heterocycles. The molecule has 0 bridgehead atoms. The number of nitrogens with one attached hydrogen (secondary N) is 1. The van der Waals surface area contributed by atoms with Crippen molar-refractivity contribution in [3.63, 3.8) is 0 Å². The van der Waals surface area contributed by atoms with Crippen LogP contribution in [0.1, 0.15) is 17.1 Å². The number of furan rings is 1. The lowest BCUT2D eigenvalue weighted by Crippen LogP contribution is -2.12. The monoisotopic (exact) mass is 253 g/mol. The molecular formula is C13H13ClFNO. The molecule has 1 aromatic carbocycles. The molecule has 1 heterocycles. The highest BCUT2D eigenvalue weighted by molar-refractivity contribution is 6.31. The van der Waals surface area contributed by atoms with Crippen molar-refractivity contribution in [3.8, 4) is 0 Å². The van der Waals surface area contributed by atoms with Gasteiger partial charge in [0.1, 0.15) is 17.3 Å². The van der Waals surface area contributed by atoms with Crippen molar-refractivity contribution in [1.82, 2.24) is 5.32 Å². The van der Waals surface area contributed by atoms with Crippen LogP contribution in [0.2, 0.25) is 5.02 Å².